The molecule has 0 aromatic heterocycles. The first-order valence-electron chi connectivity index (χ1n) is 8.74. The molecule has 1 aliphatic heterocycles. The van der Waals surface area contributed by atoms with Crippen molar-refractivity contribution in [1.82, 2.24) is 5.32 Å². The average molecular weight is 415 g/mol. The second-order valence-electron chi connectivity index (χ2n) is 7.21. The average Bonchev–Trinajstić information content (AvgIpc) is 3.20. The number of allylic oxidation sites excluding steroid dienone is 1. The van der Waals surface area contributed by atoms with Crippen molar-refractivity contribution in [3.63, 3.8) is 0 Å². The van der Waals surface area contributed by atoms with Gasteiger partial charge in [0.25, 0.3) is 0 Å². The fourth-order valence-corrected chi connectivity index (χ4v) is 5.59. The Bertz CT molecular complexity index is 891. The summed E-state index contributed by atoms with van der Waals surface area (Å²) in [4.78, 5) is 11.9. The summed E-state index contributed by atoms with van der Waals surface area (Å²) in [5.74, 6) is -0.565. The van der Waals surface area contributed by atoms with Gasteiger partial charge in [-0.25, -0.2) is 13.2 Å². The number of nitrogens with one attached hydrogen (secondary N) is 2. The van der Waals surface area contributed by atoms with Crippen LogP contribution in [-0.2, 0) is 14.6 Å². The van der Waals surface area contributed by atoms with Gasteiger partial charge in [0.15, 0.2) is 15.6 Å². The summed E-state index contributed by atoms with van der Waals surface area (Å²) < 4.78 is 30.3. The van der Waals surface area contributed by atoms with Gasteiger partial charge >= 0.3 is 6.03 Å². The van der Waals surface area contributed by atoms with Crippen LogP contribution >= 0.6 is 11.6 Å². The van der Waals surface area contributed by atoms with Gasteiger partial charge < -0.3 is 20.5 Å². The van der Waals surface area contributed by atoms with Gasteiger partial charge in [0.2, 0.25) is 0 Å². The van der Waals surface area contributed by atoms with Crippen LogP contribution in [0.2, 0.25) is 5.02 Å². The van der Waals surface area contributed by atoms with E-state index in [4.69, 9.17) is 16.3 Å². The molecule has 0 spiro atoms. The summed E-state index contributed by atoms with van der Waals surface area (Å²) >= 11 is 6.10. The maximum absolute atomic E-state index is 13.1. The summed E-state index contributed by atoms with van der Waals surface area (Å²) in [5, 5.41) is 15.8. The number of hydrogen-bond donors (Lipinski definition) is 3. The molecule has 1 aromatic carbocycles. The van der Waals surface area contributed by atoms with E-state index >= 15 is 0 Å². The highest BCUT2D eigenvalue weighted by Gasteiger charge is 2.46. The quantitative estimate of drug-likeness (QED) is 0.518. The molecule has 2 amide bonds. The van der Waals surface area contributed by atoms with E-state index in [-0.39, 0.29) is 28.3 Å². The van der Waals surface area contributed by atoms with Crippen LogP contribution in [-0.4, -0.2) is 43.6 Å². The van der Waals surface area contributed by atoms with Crippen LogP contribution in [0.1, 0.15) is 33.1 Å². The van der Waals surface area contributed by atoms with Gasteiger partial charge in [-0.2, -0.15) is 0 Å². The van der Waals surface area contributed by atoms with Crippen LogP contribution in [0.3, 0.4) is 0 Å². The molecule has 0 radical (unpaired) electrons. The molecule has 9 heteroatoms. The molecule has 7 nitrogen and oxygen atoms in total. The standard InChI is InChI=1S/C18H23ClN2O5S/c1-11-4-3-5-13(11)20-17(23)21-14-7-6-12(19)16(15(14)22)27(24,25)18(2)8-9-26-10-18/h4,6-7,13,22H,3,5,8-10H2,1-2H3,(H2,20,21,23)/t13-,18+/m0/s1. The summed E-state index contributed by atoms with van der Waals surface area (Å²) in [6, 6.07) is 2.13. The number of hydrogen-bond acceptors (Lipinski definition) is 5. The first-order valence-corrected chi connectivity index (χ1v) is 10.6. The lowest BCUT2D eigenvalue weighted by molar-refractivity contribution is 0.191. The van der Waals surface area contributed by atoms with Crippen molar-refractivity contribution in [3.8, 4) is 5.75 Å². The third kappa shape index (κ3) is 3.66. The Hall–Kier alpha value is -1.77. The van der Waals surface area contributed by atoms with Crippen molar-refractivity contribution in [2.75, 3.05) is 18.5 Å². The van der Waals surface area contributed by atoms with Gasteiger partial charge in [0.05, 0.1) is 28.1 Å². The molecule has 1 fully saturated rings. The molecule has 148 valence electrons. The number of sulfone groups is 1. The zero-order valence-electron chi connectivity index (χ0n) is 15.2. The van der Waals surface area contributed by atoms with Gasteiger partial charge in [0.1, 0.15) is 4.90 Å². The molecule has 1 saturated heterocycles. The molecule has 3 rings (SSSR count). The number of carbonyl (C=O) groups is 1. The zero-order chi connectivity index (χ0) is 19.8. The molecule has 27 heavy (non-hydrogen) atoms. The minimum absolute atomic E-state index is 0.0161. The van der Waals surface area contributed by atoms with E-state index in [1.54, 1.807) is 6.92 Å². The van der Waals surface area contributed by atoms with E-state index in [1.807, 2.05) is 6.92 Å². The number of aromatic hydroxyl groups is 1. The van der Waals surface area contributed by atoms with Gasteiger partial charge in [-0.3, -0.25) is 0 Å². The second kappa shape index (κ2) is 7.33. The van der Waals surface area contributed by atoms with Crippen molar-refractivity contribution in [2.45, 2.75) is 48.8 Å². The van der Waals surface area contributed by atoms with E-state index in [1.165, 1.54) is 12.1 Å². The minimum atomic E-state index is -3.98. The Morgan fingerprint density at radius 3 is 2.74 bits per heavy atom. The van der Waals surface area contributed by atoms with Crippen molar-refractivity contribution in [3.05, 3.63) is 28.8 Å². The van der Waals surface area contributed by atoms with Crippen LogP contribution in [0.4, 0.5) is 10.5 Å². The van der Waals surface area contributed by atoms with Crippen molar-refractivity contribution < 1.29 is 23.1 Å². The van der Waals surface area contributed by atoms with E-state index < -0.39 is 26.4 Å². The molecule has 3 N–H and O–H groups in total. The summed E-state index contributed by atoms with van der Waals surface area (Å²) in [7, 11) is -3.98. The van der Waals surface area contributed by atoms with E-state index in [0.717, 1.165) is 18.4 Å². The molecule has 2 atom stereocenters. The monoisotopic (exact) mass is 414 g/mol. The molecule has 1 heterocycles. The third-order valence-electron chi connectivity index (χ3n) is 5.21. The SMILES string of the molecule is CC1=CCC[C@@H]1NC(=O)Nc1ccc(Cl)c(S(=O)(=O)[C@]2(C)CCOC2)c1O. The van der Waals surface area contributed by atoms with Gasteiger partial charge in [-0.15, -0.1) is 0 Å². The Morgan fingerprint density at radius 1 is 1.41 bits per heavy atom. The number of carbonyl (C=O) groups excluding carboxylic acids is 1. The van der Waals surface area contributed by atoms with E-state index in [2.05, 4.69) is 16.7 Å². The third-order valence-corrected chi connectivity index (χ3v) is 8.21. The Balaban J connectivity index is 1.87. The first kappa shape index (κ1) is 20.0. The molecule has 0 saturated carbocycles. The number of ether oxygens (including phenoxy) is 1. The zero-order valence-corrected chi connectivity index (χ0v) is 16.8. The lowest BCUT2D eigenvalue weighted by Crippen LogP contribution is -2.37. The number of phenols is 1. The Labute approximate surface area is 163 Å². The molecular formula is C18H23ClN2O5S. The van der Waals surface area contributed by atoms with Crippen LogP contribution < -0.4 is 10.6 Å². The predicted molar refractivity (Wildman–Crippen MR) is 103 cm³/mol. The maximum atomic E-state index is 13.1. The van der Waals surface area contributed by atoms with E-state index in [9.17, 15) is 18.3 Å². The van der Waals surface area contributed by atoms with Gasteiger partial charge in [-0.1, -0.05) is 23.3 Å². The molecule has 0 unspecified atom stereocenters. The summed E-state index contributed by atoms with van der Waals surface area (Å²) in [5.41, 5.74) is 1.06. The number of anilines is 1. The number of halogens is 1. The van der Waals surface area contributed by atoms with E-state index in [0.29, 0.717) is 13.0 Å². The highest BCUT2D eigenvalue weighted by Crippen LogP contribution is 2.43. The lowest BCUT2D eigenvalue weighted by Gasteiger charge is -2.24. The fourth-order valence-electron chi connectivity index (χ4n) is 3.36. The number of amides is 2. The normalized spacial score (nSPS) is 25.3. The van der Waals surface area contributed by atoms with Gasteiger partial charge in [-0.05, 0) is 45.2 Å². The number of phenolic OH excluding ortho intramolecular Hbond substituents is 1. The molecular weight excluding hydrogens is 392 g/mol. The van der Waals surface area contributed by atoms with Crippen LogP contribution in [0.5, 0.6) is 5.75 Å². The fraction of sp³-hybridized carbons (Fsp3) is 0.500. The number of rotatable bonds is 4. The summed E-state index contributed by atoms with van der Waals surface area (Å²) in [6.45, 7) is 3.85. The highest BCUT2D eigenvalue weighted by molar-refractivity contribution is 7.93. The first-order chi connectivity index (χ1) is 12.7. The van der Waals surface area contributed by atoms with Crippen LogP contribution in [0.15, 0.2) is 28.7 Å². The Morgan fingerprint density at radius 2 is 2.15 bits per heavy atom. The van der Waals surface area contributed by atoms with Crippen molar-refractivity contribution >= 4 is 33.2 Å². The highest BCUT2D eigenvalue weighted by atomic mass is 35.5. The Kier molecular flexibility index (Phi) is 5.42. The largest absolute Gasteiger partial charge is 0.504 e. The molecule has 1 aliphatic carbocycles. The number of urea groups is 1. The van der Waals surface area contributed by atoms with Crippen LogP contribution in [0, 0.1) is 0 Å². The minimum Gasteiger partial charge on any atom is -0.504 e. The lowest BCUT2D eigenvalue weighted by atomic mass is 10.1. The maximum Gasteiger partial charge on any atom is 0.319 e. The summed E-state index contributed by atoms with van der Waals surface area (Å²) in [6.07, 6.45) is 4.06. The molecule has 2 aliphatic rings. The predicted octanol–water partition coefficient (Wildman–Crippen LogP) is 3.23. The van der Waals surface area contributed by atoms with Crippen LogP contribution in [0.25, 0.3) is 0 Å². The molecule has 0 bridgehead atoms. The molecule has 1 aromatic rings. The number of benzene rings is 1. The topological polar surface area (TPSA) is 105 Å². The smallest absolute Gasteiger partial charge is 0.319 e. The van der Waals surface area contributed by atoms with Crippen molar-refractivity contribution in [1.29, 1.82) is 0 Å². The second-order valence-corrected chi connectivity index (χ2v) is 10.0. The van der Waals surface area contributed by atoms with Gasteiger partial charge in [0, 0.05) is 6.61 Å². The van der Waals surface area contributed by atoms with Crippen molar-refractivity contribution in [2.24, 2.45) is 0 Å².